The summed E-state index contributed by atoms with van der Waals surface area (Å²) in [6.07, 6.45) is 8.13. The largest absolute Gasteiger partial charge is 0.324 e. The van der Waals surface area contributed by atoms with Crippen LogP contribution in [-0.2, 0) is 0 Å². The summed E-state index contributed by atoms with van der Waals surface area (Å²) in [4.78, 5) is 2.73. The Balaban J connectivity index is 1.41. The van der Waals surface area contributed by atoms with Gasteiger partial charge in [-0.05, 0) is 56.6 Å². The molecule has 0 spiro atoms. The summed E-state index contributed by atoms with van der Waals surface area (Å²) in [6, 6.07) is 11.6. The summed E-state index contributed by atoms with van der Waals surface area (Å²) in [5.74, 6) is 1.02. The lowest BCUT2D eigenvalue weighted by atomic mass is 10.0. The third-order valence-electron chi connectivity index (χ3n) is 4.44. The molecule has 0 aliphatic heterocycles. The van der Waals surface area contributed by atoms with Gasteiger partial charge in [0, 0.05) is 18.6 Å². The highest BCUT2D eigenvalue weighted by Gasteiger charge is 2.33. The van der Waals surface area contributed by atoms with E-state index in [4.69, 9.17) is 5.73 Å². The summed E-state index contributed by atoms with van der Waals surface area (Å²) in [5.41, 5.74) is 7.55. The molecule has 2 aliphatic carbocycles. The van der Waals surface area contributed by atoms with Gasteiger partial charge in [-0.15, -0.1) is 0 Å². The topological polar surface area (TPSA) is 29.3 Å². The van der Waals surface area contributed by atoms with Crippen molar-refractivity contribution < 1.29 is 0 Å². The molecule has 2 aliphatic rings. The molecule has 2 N–H and O–H groups in total. The van der Waals surface area contributed by atoms with Crippen molar-refractivity contribution in [1.82, 2.24) is 4.90 Å². The van der Waals surface area contributed by atoms with E-state index in [1.165, 1.54) is 50.8 Å². The summed E-state index contributed by atoms with van der Waals surface area (Å²) in [5, 5.41) is 0. The number of nitrogens with zero attached hydrogens (tertiary/aromatic N) is 1. The van der Waals surface area contributed by atoms with Crippen LogP contribution in [0.1, 0.15) is 50.1 Å². The molecule has 2 nitrogen and oxygen atoms in total. The average molecular weight is 258 g/mol. The third kappa shape index (κ3) is 4.05. The fourth-order valence-corrected chi connectivity index (χ4v) is 2.88. The Morgan fingerprint density at radius 3 is 2.47 bits per heavy atom. The molecule has 3 rings (SSSR count). The molecule has 0 amide bonds. The molecule has 2 saturated carbocycles. The zero-order valence-corrected chi connectivity index (χ0v) is 11.8. The minimum atomic E-state index is 0.211. The lowest BCUT2D eigenvalue weighted by Crippen LogP contribution is -2.30. The zero-order chi connectivity index (χ0) is 13.1. The van der Waals surface area contributed by atoms with E-state index >= 15 is 0 Å². The van der Waals surface area contributed by atoms with E-state index in [1.807, 2.05) is 0 Å². The number of nitrogens with two attached hydrogens (primary N) is 1. The number of rotatable bonds is 8. The molecular formula is C17H26N2. The summed E-state index contributed by atoms with van der Waals surface area (Å²) >= 11 is 0. The molecule has 1 atom stereocenters. The first-order chi connectivity index (χ1) is 9.33. The highest BCUT2D eigenvalue weighted by Crippen LogP contribution is 2.35. The van der Waals surface area contributed by atoms with Gasteiger partial charge < -0.3 is 10.6 Å². The first-order valence-corrected chi connectivity index (χ1v) is 7.87. The molecular weight excluding hydrogens is 232 g/mol. The number of hydrogen-bond donors (Lipinski definition) is 1. The monoisotopic (exact) mass is 258 g/mol. The van der Waals surface area contributed by atoms with Crippen LogP contribution >= 0.6 is 0 Å². The van der Waals surface area contributed by atoms with Crippen LogP contribution in [-0.4, -0.2) is 24.0 Å². The second-order valence-electron chi connectivity index (χ2n) is 6.33. The Morgan fingerprint density at radius 1 is 1.11 bits per heavy atom. The highest BCUT2D eigenvalue weighted by molar-refractivity contribution is 5.18. The standard InChI is InChI=1S/C17H26N2/c18-17(15-5-2-1-3-6-15)7-4-12-19(16-10-11-16)13-14-8-9-14/h1-3,5-6,14,16-17H,4,7-13,18H2. The fraction of sp³-hybridized carbons (Fsp3) is 0.647. The minimum Gasteiger partial charge on any atom is -0.324 e. The number of hydrogen-bond acceptors (Lipinski definition) is 2. The fourth-order valence-electron chi connectivity index (χ4n) is 2.88. The SMILES string of the molecule is NC(CCCN(CC1CC1)C1CC1)c1ccccc1. The van der Waals surface area contributed by atoms with Gasteiger partial charge in [0.15, 0.2) is 0 Å². The van der Waals surface area contributed by atoms with Gasteiger partial charge in [0.25, 0.3) is 0 Å². The van der Waals surface area contributed by atoms with Crippen LogP contribution in [0, 0.1) is 5.92 Å². The van der Waals surface area contributed by atoms with Crippen molar-refractivity contribution in [2.45, 2.75) is 50.6 Å². The molecule has 2 fully saturated rings. The van der Waals surface area contributed by atoms with Gasteiger partial charge in [-0.1, -0.05) is 30.3 Å². The minimum absolute atomic E-state index is 0.211. The van der Waals surface area contributed by atoms with Gasteiger partial charge in [0.2, 0.25) is 0 Å². The molecule has 0 bridgehead atoms. The van der Waals surface area contributed by atoms with E-state index in [-0.39, 0.29) is 6.04 Å². The second-order valence-corrected chi connectivity index (χ2v) is 6.33. The maximum atomic E-state index is 6.27. The van der Waals surface area contributed by atoms with E-state index in [1.54, 1.807) is 0 Å². The van der Waals surface area contributed by atoms with Gasteiger partial charge in [0.05, 0.1) is 0 Å². The average Bonchev–Trinajstić information content (AvgIpc) is 3.30. The zero-order valence-electron chi connectivity index (χ0n) is 11.8. The molecule has 0 aromatic heterocycles. The lowest BCUT2D eigenvalue weighted by Gasteiger charge is -2.22. The Labute approximate surface area is 117 Å². The van der Waals surface area contributed by atoms with Crippen molar-refractivity contribution in [2.75, 3.05) is 13.1 Å². The van der Waals surface area contributed by atoms with Crippen molar-refractivity contribution in [1.29, 1.82) is 0 Å². The quantitative estimate of drug-likeness (QED) is 0.775. The van der Waals surface area contributed by atoms with Crippen molar-refractivity contribution >= 4 is 0 Å². The maximum Gasteiger partial charge on any atom is 0.0295 e. The highest BCUT2D eigenvalue weighted by atomic mass is 15.2. The first-order valence-electron chi connectivity index (χ1n) is 7.87. The van der Waals surface area contributed by atoms with E-state index in [9.17, 15) is 0 Å². The van der Waals surface area contributed by atoms with Crippen molar-refractivity contribution in [2.24, 2.45) is 11.7 Å². The van der Waals surface area contributed by atoms with Crippen LogP contribution in [0.5, 0.6) is 0 Å². The first kappa shape index (κ1) is 13.1. The predicted molar refractivity (Wildman–Crippen MR) is 79.9 cm³/mol. The Bertz CT molecular complexity index is 382. The molecule has 19 heavy (non-hydrogen) atoms. The summed E-state index contributed by atoms with van der Waals surface area (Å²) < 4.78 is 0. The Morgan fingerprint density at radius 2 is 1.84 bits per heavy atom. The number of benzene rings is 1. The van der Waals surface area contributed by atoms with Crippen LogP contribution < -0.4 is 5.73 Å². The van der Waals surface area contributed by atoms with Crippen LogP contribution in [0.3, 0.4) is 0 Å². The Hall–Kier alpha value is -0.860. The summed E-state index contributed by atoms with van der Waals surface area (Å²) in [7, 11) is 0. The normalized spacial score (nSPS) is 20.7. The van der Waals surface area contributed by atoms with E-state index in [0.29, 0.717) is 0 Å². The molecule has 1 unspecified atom stereocenters. The van der Waals surface area contributed by atoms with Crippen LogP contribution in [0.15, 0.2) is 30.3 Å². The Kier molecular flexibility index (Phi) is 4.19. The van der Waals surface area contributed by atoms with Crippen LogP contribution in [0.4, 0.5) is 0 Å². The van der Waals surface area contributed by atoms with E-state index in [2.05, 4.69) is 35.2 Å². The summed E-state index contributed by atoms with van der Waals surface area (Å²) in [6.45, 7) is 2.60. The molecule has 1 aromatic rings. The maximum absolute atomic E-state index is 6.27. The molecule has 0 saturated heterocycles. The van der Waals surface area contributed by atoms with Crippen LogP contribution in [0.2, 0.25) is 0 Å². The van der Waals surface area contributed by atoms with E-state index < -0.39 is 0 Å². The smallest absolute Gasteiger partial charge is 0.0295 e. The van der Waals surface area contributed by atoms with Crippen molar-refractivity contribution in [3.8, 4) is 0 Å². The lowest BCUT2D eigenvalue weighted by molar-refractivity contribution is 0.245. The molecule has 1 aromatic carbocycles. The molecule has 0 heterocycles. The van der Waals surface area contributed by atoms with Gasteiger partial charge in [0.1, 0.15) is 0 Å². The van der Waals surface area contributed by atoms with Gasteiger partial charge in [-0.2, -0.15) is 0 Å². The molecule has 104 valence electrons. The van der Waals surface area contributed by atoms with Gasteiger partial charge >= 0.3 is 0 Å². The molecule has 0 radical (unpaired) electrons. The van der Waals surface area contributed by atoms with E-state index in [0.717, 1.165) is 18.4 Å². The molecule has 2 heteroatoms. The second kappa shape index (κ2) is 6.06. The predicted octanol–water partition coefficient (Wildman–Crippen LogP) is 3.34. The van der Waals surface area contributed by atoms with Gasteiger partial charge in [-0.25, -0.2) is 0 Å². The van der Waals surface area contributed by atoms with Gasteiger partial charge in [-0.3, -0.25) is 0 Å². The van der Waals surface area contributed by atoms with Crippen molar-refractivity contribution in [3.63, 3.8) is 0 Å². The van der Waals surface area contributed by atoms with Crippen LogP contribution in [0.25, 0.3) is 0 Å². The third-order valence-corrected chi connectivity index (χ3v) is 4.44. The van der Waals surface area contributed by atoms with Crippen molar-refractivity contribution in [3.05, 3.63) is 35.9 Å².